The van der Waals surface area contributed by atoms with Gasteiger partial charge in [-0.15, -0.1) is 0 Å². The zero-order valence-corrected chi connectivity index (χ0v) is 19.6. The van der Waals surface area contributed by atoms with E-state index >= 15 is 0 Å². The highest BCUT2D eigenvalue weighted by Gasteiger charge is 2.56. The average molecular weight is 475 g/mol. The molecule has 11 heteroatoms. The van der Waals surface area contributed by atoms with Crippen LogP contribution >= 0.6 is 0 Å². The summed E-state index contributed by atoms with van der Waals surface area (Å²) in [5.41, 5.74) is 0. The predicted molar refractivity (Wildman–Crippen MR) is 112 cm³/mol. The zero-order valence-electron chi connectivity index (χ0n) is 19.6. The Balaban J connectivity index is 3.42. The van der Waals surface area contributed by atoms with Crippen molar-refractivity contribution in [3.8, 4) is 0 Å². The molecule has 1 aliphatic heterocycles. The van der Waals surface area contributed by atoms with Crippen molar-refractivity contribution < 1.29 is 52.8 Å². The number of carboxylic acids is 1. The summed E-state index contributed by atoms with van der Waals surface area (Å²) in [6.45, 7) is 6.94. The van der Waals surface area contributed by atoms with E-state index in [1.54, 1.807) is 27.7 Å². The summed E-state index contributed by atoms with van der Waals surface area (Å²) >= 11 is 0. The molecule has 1 heterocycles. The van der Waals surface area contributed by atoms with Crippen LogP contribution in [0.5, 0.6) is 0 Å². The van der Waals surface area contributed by atoms with Gasteiger partial charge in [-0.25, -0.2) is 4.79 Å². The van der Waals surface area contributed by atoms with Gasteiger partial charge in [0.15, 0.2) is 18.3 Å². The minimum absolute atomic E-state index is 0.00241. The smallest absolute Gasteiger partial charge is 0.337 e. The van der Waals surface area contributed by atoms with Gasteiger partial charge in [0.05, 0.1) is 0 Å². The third kappa shape index (κ3) is 8.99. The highest BCUT2D eigenvalue weighted by Crippen LogP contribution is 2.31. The third-order valence-corrected chi connectivity index (χ3v) is 4.61. The molecule has 0 bridgehead atoms. The molecule has 0 aromatic heterocycles. The maximum atomic E-state index is 12.3. The molecule has 0 spiro atoms. The first-order valence-corrected chi connectivity index (χ1v) is 11.3. The van der Waals surface area contributed by atoms with Crippen molar-refractivity contribution >= 4 is 29.8 Å². The lowest BCUT2D eigenvalue weighted by molar-refractivity contribution is -0.295. The maximum Gasteiger partial charge on any atom is 0.337 e. The normalized spacial score (nSPS) is 24.4. The molecule has 0 aromatic carbocycles. The van der Waals surface area contributed by atoms with E-state index in [2.05, 4.69) is 0 Å². The first-order chi connectivity index (χ1) is 15.7. The summed E-state index contributed by atoms with van der Waals surface area (Å²) < 4.78 is 26.8. The van der Waals surface area contributed by atoms with Crippen LogP contribution in [0.15, 0.2) is 0 Å². The van der Waals surface area contributed by atoms with Gasteiger partial charge >= 0.3 is 29.8 Å². The molecule has 1 aliphatic rings. The third-order valence-electron chi connectivity index (χ3n) is 4.61. The van der Waals surface area contributed by atoms with Crippen molar-refractivity contribution in [3.05, 3.63) is 0 Å². The molecule has 11 nitrogen and oxygen atoms in total. The SMILES string of the molecule is CCCC(=O)OC1O[C@H](C(=O)O)[C@@H](OC(=O)CCC)[C@H](OC(=O)CCC)[C@H]1OC(=O)CCC. The van der Waals surface area contributed by atoms with Crippen molar-refractivity contribution in [3.63, 3.8) is 0 Å². The van der Waals surface area contributed by atoms with Gasteiger partial charge < -0.3 is 28.8 Å². The highest BCUT2D eigenvalue weighted by molar-refractivity contribution is 5.76. The highest BCUT2D eigenvalue weighted by atomic mass is 16.7. The molecule has 0 aliphatic carbocycles. The number of carbonyl (C=O) groups excluding carboxylic acids is 4. The number of carboxylic acid groups (broad SMARTS) is 1. The lowest BCUT2D eigenvalue weighted by Gasteiger charge is -2.42. The average Bonchev–Trinajstić information content (AvgIpc) is 2.72. The van der Waals surface area contributed by atoms with Crippen LogP contribution in [0.2, 0.25) is 0 Å². The molecular formula is C22H34O11. The number of rotatable bonds is 13. The number of ether oxygens (including phenoxy) is 5. The van der Waals surface area contributed by atoms with Gasteiger partial charge in [0.1, 0.15) is 0 Å². The topological polar surface area (TPSA) is 152 Å². The number of aliphatic carboxylic acids is 1. The number of esters is 4. The van der Waals surface area contributed by atoms with Crippen LogP contribution in [0, 0.1) is 0 Å². The van der Waals surface area contributed by atoms with Crippen LogP contribution in [0.4, 0.5) is 0 Å². The van der Waals surface area contributed by atoms with E-state index in [-0.39, 0.29) is 25.7 Å². The summed E-state index contributed by atoms with van der Waals surface area (Å²) in [6.07, 6.45) is -6.49. The van der Waals surface area contributed by atoms with E-state index in [0.717, 1.165) is 0 Å². The van der Waals surface area contributed by atoms with Crippen LogP contribution in [-0.4, -0.2) is 65.7 Å². The molecular weight excluding hydrogens is 440 g/mol. The minimum atomic E-state index is -1.83. The van der Waals surface area contributed by atoms with Crippen molar-refractivity contribution in [2.45, 2.75) is 110 Å². The second-order valence-electron chi connectivity index (χ2n) is 7.62. The Hall–Kier alpha value is -2.69. The number of carbonyl (C=O) groups is 5. The minimum Gasteiger partial charge on any atom is -0.479 e. The fraction of sp³-hybridized carbons (Fsp3) is 0.773. The fourth-order valence-corrected chi connectivity index (χ4v) is 3.13. The van der Waals surface area contributed by atoms with E-state index < -0.39 is 60.6 Å². The van der Waals surface area contributed by atoms with Crippen LogP contribution in [-0.2, 0) is 47.7 Å². The van der Waals surface area contributed by atoms with Crippen LogP contribution < -0.4 is 0 Å². The molecule has 1 N–H and O–H groups in total. The van der Waals surface area contributed by atoms with Gasteiger partial charge in [0.25, 0.3) is 0 Å². The molecule has 0 radical (unpaired) electrons. The molecule has 1 rings (SSSR count). The Morgan fingerprint density at radius 3 is 1.36 bits per heavy atom. The molecule has 0 aromatic rings. The first-order valence-electron chi connectivity index (χ1n) is 11.3. The Kier molecular flexibility index (Phi) is 12.4. The maximum absolute atomic E-state index is 12.3. The van der Waals surface area contributed by atoms with Crippen LogP contribution in [0.25, 0.3) is 0 Å². The Morgan fingerprint density at radius 2 is 0.970 bits per heavy atom. The Morgan fingerprint density at radius 1 is 0.606 bits per heavy atom. The summed E-state index contributed by atoms with van der Waals surface area (Å²) in [6, 6.07) is 0. The van der Waals surface area contributed by atoms with Crippen LogP contribution in [0.3, 0.4) is 0 Å². The molecule has 0 amide bonds. The largest absolute Gasteiger partial charge is 0.479 e. The van der Waals surface area contributed by atoms with Gasteiger partial charge in [-0.3, -0.25) is 19.2 Å². The van der Waals surface area contributed by atoms with Crippen LogP contribution in [0.1, 0.15) is 79.1 Å². The van der Waals surface area contributed by atoms with Crippen molar-refractivity contribution in [2.24, 2.45) is 0 Å². The second kappa shape index (κ2) is 14.5. The summed E-state index contributed by atoms with van der Waals surface area (Å²) in [4.78, 5) is 60.9. The molecule has 1 fully saturated rings. The number of hydrogen-bond acceptors (Lipinski definition) is 10. The van der Waals surface area contributed by atoms with Crippen molar-refractivity contribution in [1.29, 1.82) is 0 Å². The second-order valence-corrected chi connectivity index (χ2v) is 7.62. The molecule has 1 saturated heterocycles. The van der Waals surface area contributed by atoms with Gasteiger partial charge in [0.2, 0.25) is 12.4 Å². The molecule has 0 saturated carbocycles. The lowest BCUT2D eigenvalue weighted by Crippen LogP contribution is -2.64. The van der Waals surface area contributed by atoms with Gasteiger partial charge in [-0.2, -0.15) is 0 Å². The Labute approximate surface area is 193 Å². The Bertz CT molecular complexity index is 690. The summed E-state index contributed by atoms with van der Waals surface area (Å²) in [7, 11) is 0. The summed E-state index contributed by atoms with van der Waals surface area (Å²) in [5, 5.41) is 9.71. The molecule has 33 heavy (non-hydrogen) atoms. The van der Waals surface area contributed by atoms with Gasteiger partial charge in [-0.05, 0) is 25.7 Å². The van der Waals surface area contributed by atoms with E-state index in [4.69, 9.17) is 23.7 Å². The standard InChI is InChI=1S/C22H34O11/c1-5-9-13(23)29-17-18(30-14(24)10-6-2)20(31-15(25)11-7-3)22(32-16(26)12-8-4)33-19(17)21(27)28/h17-20,22H,5-12H2,1-4H3,(H,27,28)/t17-,18-,19-,20+,22?/m0/s1. The molecule has 1 unspecified atom stereocenters. The zero-order chi connectivity index (χ0) is 25.0. The predicted octanol–water partition coefficient (Wildman–Crippen LogP) is 2.27. The van der Waals surface area contributed by atoms with E-state index in [1.807, 2.05) is 0 Å². The van der Waals surface area contributed by atoms with Gasteiger partial charge in [0, 0.05) is 25.7 Å². The summed E-state index contributed by atoms with van der Waals surface area (Å²) in [5.74, 6) is -4.42. The van der Waals surface area contributed by atoms with E-state index in [1.165, 1.54) is 0 Å². The van der Waals surface area contributed by atoms with Gasteiger partial charge in [-0.1, -0.05) is 27.7 Å². The lowest BCUT2D eigenvalue weighted by atomic mass is 9.97. The van der Waals surface area contributed by atoms with E-state index in [0.29, 0.717) is 25.7 Å². The van der Waals surface area contributed by atoms with Crippen molar-refractivity contribution in [1.82, 2.24) is 0 Å². The quantitative estimate of drug-likeness (QED) is 0.309. The van der Waals surface area contributed by atoms with E-state index in [9.17, 15) is 29.1 Å². The fourth-order valence-electron chi connectivity index (χ4n) is 3.13. The monoisotopic (exact) mass is 474 g/mol. The molecule has 5 atom stereocenters. The number of hydrogen-bond donors (Lipinski definition) is 1. The first kappa shape index (κ1) is 28.3. The van der Waals surface area contributed by atoms with Crippen molar-refractivity contribution in [2.75, 3.05) is 0 Å². The molecule has 188 valence electrons.